The molecule has 0 aromatic heterocycles. The van der Waals surface area contributed by atoms with Crippen LogP contribution in [0, 0.1) is 5.92 Å². The molecule has 0 N–H and O–H groups in total. The van der Waals surface area contributed by atoms with E-state index >= 15 is 0 Å². The Morgan fingerprint density at radius 1 is 1.62 bits per heavy atom. The first-order valence-electron chi connectivity index (χ1n) is 4.88. The Morgan fingerprint density at radius 3 is 2.69 bits per heavy atom. The molecule has 0 heterocycles. The lowest BCUT2D eigenvalue weighted by molar-refractivity contribution is -0.150. The highest BCUT2D eigenvalue weighted by atomic mass is 16.5. The minimum Gasteiger partial charge on any atom is -0.461 e. The van der Waals surface area contributed by atoms with E-state index in [1.807, 2.05) is 0 Å². The lowest BCUT2D eigenvalue weighted by Gasteiger charge is -2.37. The molecule has 0 bridgehead atoms. The van der Waals surface area contributed by atoms with Crippen LogP contribution in [0.15, 0.2) is 11.6 Å². The Kier molecular flexibility index (Phi) is 3.12. The van der Waals surface area contributed by atoms with Gasteiger partial charge in [-0.1, -0.05) is 25.5 Å². The minimum atomic E-state index is -0.235. The first-order valence-corrected chi connectivity index (χ1v) is 4.88. The summed E-state index contributed by atoms with van der Waals surface area (Å²) in [5.74, 6) is 0.391. The molecule has 0 saturated carbocycles. The third kappa shape index (κ3) is 2.11. The molecule has 2 nitrogen and oxygen atoms in total. The van der Waals surface area contributed by atoms with Crippen LogP contribution in [0.25, 0.3) is 0 Å². The zero-order valence-corrected chi connectivity index (χ0v) is 8.67. The molecule has 1 unspecified atom stereocenters. The van der Waals surface area contributed by atoms with Gasteiger partial charge < -0.3 is 4.74 Å². The van der Waals surface area contributed by atoms with Crippen LogP contribution in [-0.4, -0.2) is 12.1 Å². The summed E-state index contributed by atoms with van der Waals surface area (Å²) in [4.78, 5) is 10.4. The number of carbonyl (C=O) groups is 1. The number of carbonyl (C=O) groups excluding carboxylic acids is 1. The predicted octanol–water partition coefficient (Wildman–Crippen LogP) is 2.68. The summed E-state index contributed by atoms with van der Waals surface area (Å²) < 4.78 is 5.26. The van der Waals surface area contributed by atoms with Crippen molar-refractivity contribution in [1.29, 1.82) is 0 Å². The highest BCUT2D eigenvalue weighted by Crippen LogP contribution is 2.36. The molecule has 1 aliphatic rings. The van der Waals surface area contributed by atoms with Gasteiger partial charge in [0.15, 0.2) is 0 Å². The topological polar surface area (TPSA) is 26.3 Å². The van der Waals surface area contributed by atoms with Gasteiger partial charge in [-0.3, -0.25) is 4.79 Å². The van der Waals surface area contributed by atoms with E-state index in [4.69, 9.17) is 4.74 Å². The molecule has 0 saturated heterocycles. The van der Waals surface area contributed by atoms with Gasteiger partial charge in [0.05, 0.1) is 0 Å². The first-order chi connectivity index (χ1) is 6.10. The lowest BCUT2D eigenvalue weighted by atomic mass is 9.78. The highest BCUT2D eigenvalue weighted by molar-refractivity contribution is 5.39. The number of hydrogen-bond acceptors (Lipinski definition) is 2. The SMILES string of the molecule is CC1=CCC(OC=O)(C(C)C)CC1. The van der Waals surface area contributed by atoms with E-state index in [2.05, 4.69) is 26.8 Å². The summed E-state index contributed by atoms with van der Waals surface area (Å²) in [5, 5.41) is 0. The van der Waals surface area contributed by atoms with Crippen molar-refractivity contribution in [2.24, 2.45) is 5.92 Å². The summed E-state index contributed by atoms with van der Waals surface area (Å²) in [5.41, 5.74) is 1.17. The molecule has 0 aliphatic heterocycles. The van der Waals surface area contributed by atoms with E-state index in [9.17, 15) is 4.79 Å². The van der Waals surface area contributed by atoms with Crippen molar-refractivity contribution in [3.63, 3.8) is 0 Å². The molecule has 0 radical (unpaired) electrons. The van der Waals surface area contributed by atoms with E-state index in [-0.39, 0.29) is 5.60 Å². The van der Waals surface area contributed by atoms with Crippen molar-refractivity contribution in [1.82, 2.24) is 0 Å². The molecule has 0 amide bonds. The number of allylic oxidation sites excluding steroid dienone is 1. The molecule has 2 heteroatoms. The van der Waals surface area contributed by atoms with Crippen LogP contribution in [0.4, 0.5) is 0 Å². The largest absolute Gasteiger partial charge is 0.461 e. The normalized spacial score (nSPS) is 28.5. The first kappa shape index (κ1) is 10.3. The Bertz CT molecular complexity index is 218. The molecule has 13 heavy (non-hydrogen) atoms. The second-order valence-corrected chi connectivity index (χ2v) is 4.19. The van der Waals surface area contributed by atoms with Crippen LogP contribution in [0.3, 0.4) is 0 Å². The van der Waals surface area contributed by atoms with Gasteiger partial charge in [-0.2, -0.15) is 0 Å². The van der Waals surface area contributed by atoms with Gasteiger partial charge in [-0.05, 0) is 25.7 Å². The molecule has 74 valence electrons. The quantitative estimate of drug-likeness (QED) is 0.495. The van der Waals surface area contributed by atoms with Crippen molar-refractivity contribution in [3.8, 4) is 0 Å². The fourth-order valence-corrected chi connectivity index (χ4v) is 1.82. The van der Waals surface area contributed by atoms with E-state index in [0.717, 1.165) is 19.3 Å². The highest BCUT2D eigenvalue weighted by Gasteiger charge is 2.36. The van der Waals surface area contributed by atoms with Gasteiger partial charge in [-0.15, -0.1) is 0 Å². The monoisotopic (exact) mass is 182 g/mol. The Morgan fingerprint density at radius 2 is 2.31 bits per heavy atom. The minimum absolute atomic E-state index is 0.235. The smallest absolute Gasteiger partial charge is 0.293 e. The maximum absolute atomic E-state index is 10.4. The zero-order valence-electron chi connectivity index (χ0n) is 8.67. The maximum Gasteiger partial charge on any atom is 0.293 e. The van der Waals surface area contributed by atoms with Crippen LogP contribution in [-0.2, 0) is 9.53 Å². The summed E-state index contributed by atoms with van der Waals surface area (Å²) in [6.45, 7) is 6.94. The van der Waals surface area contributed by atoms with E-state index in [1.54, 1.807) is 0 Å². The summed E-state index contributed by atoms with van der Waals surface area (Å²) in [7, 11) is 0. The molecule has 1 atom stereocenters. The van der Waals surface area contributed by atoms with Gasteiger partial charge in [0, 0.05) is 6.42 Å². The van der Waals surface area contributed by atoms with Crippen molar-refractivity contribution < 1.29 is 9.53 Å². The third-order valence-electron chi connectivity index (χ3n) is 3.07. The zero-order chi connectivity index (χ0) is 9.90. The number of rotatable bonds is 3. The van der Waals surface area contributed by atoms with Gasteiger partial charge >= 0.3 is 0 Å². The van der Waals surface area contributed by atoms with Crippen LogP contribution >= 0.6 is 0 Å². The van der Waals surface area contributed by atoms with E-state index < -0.39 is 0 Å². The fraction of sp³-hybridized carbons (Fsp3) is 0.727. The van der Waals surface area contributed by atoms with Crippen LogP contribution in [0.1, 0.15) is 40.0 Å². The van der Waals surface area contributed by atoms with Crippen molar-refractivity contribution >= 4 is 6.47 Å². The fourth-order valence-electron chi connectivity index (χ4n) is 1.82. The molecule has 1 rings (SSSR count). The van der Waals surface area contributed by atoms with Crippen LogP contribution < -0.4 is 0 Å². The molecular formula is C11H18O2. The summed E-state index contributed by atoms with van der Waals surface area (Å²) >= 11 is 0. The second kappa shape index (κ2) is 3.95. The number of hydrogen-bond donors (Lipinski definition) is 0. The van der Waals surface area contributed by atoms with E-state index in [0.29, 0.717) is 12.4 Å². The molecule has 1 aliphatic carbocycles. The second-order valence-electron chi connectivity index (χ2n) is 4.19. The lowest BCUT2D eigenvalue weighted by Crippen LogP contribution is -2.39. The van der Waals surface area contributed by atoms with E-state index in [1.165, 1.54) is 5.57 Å². The average Bonchev–Trinajstić information content (AvgIpc) is 2.09. The molecular weight excluding hydrogens is 164 g/mol. The Labute approximate surface area is 80.0 Å². The standard InChI is InChI=1S/C11H18O2/c1-9(2)11(13-8-12)6-4-10(3)5-7-11/h4,8-9H,5-7H2,1-3H3. The number of ether oxygens (including phenoxy) is 1. The van der Waals surface area contributed by atoms with Crippen molar-refractivity contribution in [2.75, 3.05) is 0 Å². The van der Waals surface area contributed by atoms with Gasteiger partial charge in [0.2, 0.25) is 0 Å². The van der Waals surface area contributed by atoms with Crippen LogP contribution in [0.5, 0.6) is 0 Å². The maximum atomic E-state index is 10.4. The van der Waals surface area contributed by atoms with Gasteiger partial charge in [-0.25, -0.2) is 0 Å². The van der Waals surface area contributed by atoms with Crippen molar-refractivity contribution in [2.45, 2.75) is 45.6 Å². The molecule has 0 aromatic rings. The van der Waals surface area contributed by atoms with Crippen molar-refractivity contribution in [3.05, 3.63) is 11.6 Å². The molecule has 0 spiro atoms. The predicted molar refractivity (Wildman–Crippen MR) is 52.3 cm³/mol. The van der Waals surface area contributed by atoms with Gasteiger partial charge in [0.25, 0.3) is 6.47 Å². The average molecular weight is 182 g/mol. The van der Waals surface area contributed by atoms with Gasteiger partial charge in [0.1, 0.15) is 5.60 Å². The Hall–Kier alpha value is -0.790. The Balaban J connectivity index is 2.75. The summed E-state index contributed by atoms with van der Waals surface area (Å²) in [6.07, 6.45) is 5.07. The summed E-state index contributed by atoms with van der Waals surface area (Å²) in [6, 6.07) is 0. The third-order valence-corrected chi connectivity index (χ3v) is 3.07. The molecule has 0 aromatic carbocycles. The van der Waals surface area contributed by atoms with Crippen LogP contribution in [0.2, 0.25) is 0 Å². The molecule has 0 fully saturated rings.